The first-order valence-electron chi connectivity index (χ1n) is 7.59. The smallest absolute Gasteiger partial charge is 0.123 e. The minimum atomic E-state index is -0.213. The Morgan fingerprint density at radius 3 is 2.17 bits per heavy atom. The lowest BCUT2D eigenvalue weighted by molar-refractivity contribution is 0.594. The Morgan fingerprint density at radius 2 is 1.61 bits per heavy atom. The largest absolute Gasteiger partial charge is 0.253 e. The zero-order valence-corrected chi connectivity index (χ0v) is 14.8. The van der Waals surface area contributed by atoms with Crippen molar-refractivity contribution in [3.63, 3.8) is 0 Å². The molecular weight excluding hydrogens is 305 g/mol. The lowest BCUT2D eigenvalue weighted by atomic mass is 9.90. The fourth-order valence-electron chi connectivity index (χ4n) is 1.90. The van der Waals surface area contributed by atoms with Crippen molar-refractivity contribution >= 4 is 23.2 Å². The maximum absolute atomic E-state index is 12.9. The molecule has 0 spiro atoms. The molecule has 0 saturated heterocycles. The molecule has 0 fully saturated rings. The van der Waals surface area contributed by atoms with Gasteiger partial charge in [0.1, 0.15) is 5.82 Å². The molecule has 0 aliphatic rings. The number of nitrogens with zero attached hydrogens (tertiary/aromatic N) is 1. The van der Waals surface area contributed by atoms with Crippen molar-refractivity contribution in [2.75, 3.05) is 0 Å². The van der Waals surface area contributed by atoms with Crippen LogP contribution in [0.2, 0.25) is 0 Å². The van der Waals surface area contributed by atoms with Crippen molar-refractivity contribution in [3.05, 3.63) is 71.4 Å². The summed E-state index contributed by atoms with van der Waals surface area (Å²) in [6.45, 7) is 8.50. The molecule has 0 bridgehead atoms. The minimum Gasteiger partial charge on any atom is -0.253 e. The number of rotatable bonds is 4. The molecule has 0 aliphatic heterocycles. The lowest BCUT2D eigenvalue weighted by Gasteiger charge is -2.19. The standard InChI is InChI=1S/C20H22FNS/c1-15-5-9-17(10-6-15)22-19(20(2,3)4)13-14-23-18-11-7-16(21)8-12-18/h5-14H,1-4H3. The van der Waals surface area contributed by atoms with E-state index in [4.69, 9.17) is 4.99 Å². The van der Waals surface area contributed by atoms with Gasteiger partial charge in [-0.15, -0.1) is 0 Å². The van der Waals surface area contributed by atoms with E-state index in [0.29, 0.717) is 0 Å². The maximum atomic E-state index is 12.9. The predicted molar refractivity (Wildman–Crippen MR) is 99.1 cm³/mol. The summed E-state index contributed by atoms with van der Waals surface area (Å²) in [6, 6.07) is 14.7. The van der Waals surface area contributed by atoms with E-state index >= 15 is 0 Å². The van der Waals surface area contributed by atoms with Crippen LogP contribution in [0.5, 0.6) is 0 Å². The van der Waals surface area contributed by atoms with Crippen LogP contribution in [-0.4, -0.2) is 5.71 Å². The Bertz CT molecular complexity index is 692. The fraction of sp³-hybridized carbons (Fsp3) is 0.250. The topological polar surface area (TPSA) is 12.4 Å². The van der Waals surface area contributed by atoms with Crippen molar-refractivity contribution in [2.24, 2.45) is 10.4 Å². The highest BCUT2D eigenvalue weighted by molar-refractivity contribution is 8.02. The van der Waals surface area contributed by atoms with Gasteiger partial charge in [0.2, 0.25) is 0 Å². The highest BCUT2D eigenvalue weighted by Gasteiger charge is 2.16. The molecule has 1 nitrogen and oxygen atoms in total. The molecule has 0 amide bonds. The molecule has 120 valence electrons. The van der Waals surface area contributed by atoms with Crippen molar-refractivity contribution in [3.8, 4) is 0 Å². The number of hydrogen-bond acceptors (Lipinski definition) is 2. The lowest BCUT2D eigenvalue weighted by Crippen LogP contribution is -2.17. The summed E-state index contributed by atoms with van der Waals surface area (Å²) in [7, 11) is 0. The van der Waals surface area contributed by atoms with Gasteiger partial charge in [-0.2, -0.15) is 0 Å². The van der Waals surface area contributed by atoms with Gasteiger partial charge < -0.3 is 0 Å². The molecule has 23 heavy (non-hydrogen) atoms. The van der Waals surface area contributed by atoms with E-state index in [-0.39, 0.29) is 11.2 Å². The number of hydrogen-bond donors (Lipinski definition) is 0. The van der Waals surface area contributed by atoms with Crippen LogP contribution in [0.4, 0.5) is 10.1 Å². The average molecular weight is 327 g/mol. The molecule has 2 rings (SSSR count). The summed E-state index contributed by atoms with van der Waals surface area (Å²) < 4.78 is 12.9. The van der Waals surface area contributed by atoms with Gasteiger partial charge in [-0.05, 0) is 54.8 Å². The Labute approximate surface area is 142 Å². The van der Waals surface area contributed by atoms with Crippen LogP contribution in [0.3, 0.4) is 0 Å². The summed E-state index contributed by atoms with van der Waals surface area (Å²) in [4.78, 5) is 5.78. The Hall–Kier alpha value is -1.87. The molecule has 3 heteroatoms. The van der Waals surface area contributed by atoms with Crippen LogP contribution >= 0.6 is 11.8 Å². The van der Waals surface area contributed by atoms with Crippen LogP contribution in [0.1, 0.15) is 26.3 Å². The second kappa shape index (κ2) is 7.60. The van der Waals surface area contributed by atoms with Gasteiger partial charge in [-0.1, -0.05) is 50.2 Å². The number of thioether (sulfide) groups is 1. The summed E-state index contributed by atoms with van der Waals surface area (Å²) in [6.07, 6.45) is 2.04. The van der Waals surface area contributed by atoms with E-state index in [0.717, 1.165) is 16.3 Å². The predicted octanol–water partition coefficient (Wildman–Crippen LogP) is 6.56. The molecule has 0 aliphatic carbocycles. The monoisotopic (exact) mass is 327 g/mol. The zero-order valence-electron chi connectivity index (χ0n) is 14.0. The first-order valence-corrected chi connectivity index (χ1v) is 8.47. The molecule has 2 aromatic carbocycles. The highest BCUT2D eigenvalue weighted by atomic mass is 32.2. The highest BCUT2D eigenvalue weighted by Crippen LogP contribution is 2.25. The molecule has 0 N–H and O–H groups in total. The van der Waals surface area contributed by atoms with Gasteiger partial charge in [-0.25, -0.2) is 4.39 Å². The van der Waals surface area contributed by atoms with E-state index in [1.807, 2.05) is 23.6 Å². The summed E-state index contributed by atoms with van der Waals surface area (Å²) >= 11 is 1.56. The van der Waals surface area contributed by atoms with Crippen LogP contribution in [0.25, 0.3) is 0 Å². The van der Waals surface area contributed by atoms with E-state index in [2.05, 4.69) is 39.8 Å². The summed E-state index contributed by atoms with van der Waals surface area (Å²) in [5, 5.41) is 2.01. The molecular formula is C20H22FNS. The van der Waals surface area contributed by atoms with E-state index in [1.54, 1.807) is 23.9 Å². The minimum absolute atomic E-state index is 0.0509. The molecule has 0 radical (unpaired) electrons. The summed E-state index contributed by atoms with van der Waals surface area (Å²) in [5.41, 5.74) is 3.14. The van der Waals surface area contributed by atoms with Crippen molar-refractivity contribution < 1.29 is 4.39 Å². The molecule has 0 saturated carbocycles. The second-order valence-corrected chi connectivity index (χ2v) is 7.44. The normalized spacial score (nSPS) is 12.8. The number of benzene rings is 2. The average Bonchev–Trinajstić information content (AvgIpc) is 2.49. The van der Waals surface area contributed by atoms with Gasteiger partial charge in [0.25, 0.3) is 0 Å². The van der Waals surface area contributed by atoms with Crippen LogP contribution in [0.15, 0.2) is 69.9 Å². The molecule has 0 unspecified atom stereocenters. The van der Waals surface area contributed by atoms with Crippen LogP contribution < -0.4 is 0 Å². The molecule has 0 aromatic heterocycles. The van der Waals surface area contributed by atoms with Gasteiger partial charge in [0, 0.05) is 16.0 Å². The van der Waals surface area contributed by atoms with Crippen molar-refractivity contribution in [1.29, 1.82) is 0 Å². The van der Waals surface area contributed by atoms with Crippen molar-refractivity contribution in [1.82, 2.24) is 0 Å². The van der Waals surface area contributed by atoms with Gasteiger partial charge in [-0.3, -0.25) is 4.99 Å². The first-order chi connectivity index (χ1) is 10.8. The number of halogens is 1. The second-order valence-electron chi connectivity index (χ2n) is 6.46. The number of aliphatic imine (C=N–C) groups is 1. The molecule has 0 heterocycles. The van der Waals surface area contributed by atoms with Crippen LogP contribution in [-0.2, 0) is 0 Å². The zero-order chi connectivity index (χ0) is 16.9. The molecule has 0 atom stereocenters. The Morgan fingerprint density at radius 1 is 1.00 bits per heavy atom. The van der Waals surface area contributed by atoms with E-state index in [9.17, 15) is 4.39 Å². The van der Waals surface area contributed by atoms with Gasteiger partial charge >= 0.3 is 0 Å². The third-order valence-electron chi connectivity index (χ3n) is 3.30. The van der Waals surface area contributed by atoms with Gasteiger partial charge in [0.05, 0.1) is 5.69 Å². The van der Waals surface area contributed by atoms with Crippen LogP contribution in [0, 0.1) is 18.2 Å². The summed E-state index contributed by atoms with van der Waals surface area (Å²) in [5.74, 6) is -0.213. The van der Waals surface area contributed by atoms with E-state index < -0.39 is 0 Å². The van der Waals surface area contributed by atoms with Gasteiger partial charge in [0.15, 0.2) is 0 Å². The first kappa shape index (κ1) is 17.5. The Kier molecular flexibility index (Phi) is 5.78. The SMILES string of the molecule is Cc1ccc(N=C(C=CSc2ccc(F)cc2)C(C)(C)C)cc1. The third-order valence-corrected chi connectivity index (χ3v) is 4.11. The fourth-order valence-corrected chi connectivity index (χ4v) is 2.55. The quantitative estimate of drug-likeness (QED) is 0.457. The maximum Gasteiger partial charge on any atom is 0.123 e. The number of aryl methyl sites for hydroxylation is 1. The van der Waals surface area contributed by atoms with E-state index in [1.165, 1.54) is 17.7 Å². The molecule has 2 aromatic rings. The number of allylic oxidation sites excluding steroid dienone is 1. The third kappa shape index (κ3) is 5.68. The Balaban J connectivity index is 2.17. The van der Waals surface area contributed by atoms with Crippen molar-refractivity contribution in [2.45, 2.75) is 32.6 Å².